The van der Waals surface area contributed by atoms with Gasteiger partial charge >= 0.3 is 5.97 Å². The van der Waals surface area contributed by atoms with Crippen LogP contribution >= 0.6 is 11.6 Å². The highest BCUT2D eigenvalue weighted by Gasteiger charge is 2.59. The zero-order valence-electron chi connectivity index (χ0n) is 13.4. The van der Waals surface area contributed by atoms with Crippen LogP contribution in [0.3, 0.4) is 0 Å². The SMILES string of the molecule is CC(=O)Oc1ccc(Cl)cc1C=NN1C(=O)[C@@H]2[C@H](C1=O)[C@H]1C=C[C@H]2C1. The molecule has 4 atom stereocenters. The molecule has 1 saturated heterocycles. The summed E-state index contributed by atoms with van der Waals surface area (Å²) >= 11 is 5.97. The van der Waals surface area contributed by atoms with Gasteiger partial charge in [-0.3, -0.25) is 14.4 Å². The van der Waals surface area contributed by atoms with E-state index in [2.05, 4.69) is 5.10 Å². The van der Waals surface area contributed by atoms with Gasteiger partial charge in [0.2, 0.25) is 0 Å². The summed E-state index contributed by atoms with van der Waals surface area (Å²) in [5.74, 6) is -1.08. The molecular formula is C18H15ClN2O4. The Morgan fingerprint density at radius 1 is 1.24 bits per heavy atom. The van der Waals surface area contributed by atoms with E-state index < -0.39 is 5.97 Å². The third-order valence-corrected chi connectivity index (χ3v) is 5.22. The summed E-state index contributed by atoms with van der Waals surface area (Å²) in [7, 11) is 0. The lowest BCUT2D eigenvalue weighted by Crippen LogP contribution is -2.28. The summed E-state index contributed by atoms with van der Waals surface area (Å²) in [4.78, 5) is 36.4. The zero-order chi connectivity index (χ0) is 17.7. The molecule has 128 valence electrons. The van der Waals surface area contributed by atoms with Crippen molar-refractivity contribution in [1.82, 2.24) is 5.01 Å². The van der Waals surface area contributed by atoms with Crippen molar-refractivity contribution in [1.29, 1.82) is 0 Å². The Bertz CT molecular complexity index is 817. The Labute approximate surface area is 149 Å². The van der Waals surface area contributed by atoms with E-state index in [-0.39, 0.29) is 41.2 Å². The van der Waals surface area contributed by atoms with Crippen molar-refractivity contribution >= 4 is 35.6 Å². The minimum Gasteiger partial charge on any atom is -0.426 e. The Morgan fingerprint density at radius 3 is 2.48 bits per heavy atom. The van der Waals surface area contributed by atoms with Crippen LogP contribution in [0.15, 0.2) is 35.5 Å². The van der Waals surface area contributed by atoms with E-state index in [1.807, 2.05) is 12.2 Å². The molecule has 0 aromatic heterocycles. The minimum absolute atomic E-state index is 0.134. The Kier molecular flexibility index (Phi) is 3.72. The summed E-state index contributed by atoms with van der Waals surface area (Å²) in [5.41, 5.74) is 0.418. The van der Waals surface area contributed by atoms with Crippen LogP contribution in [0.1, 0.15) is 18.9 Å². The summed E-state index contributed by atoms with van der Waals surface area (Å²) in [6, 6.07) is 4.68. The molecule has 0 radical (unpaired) electrons. The number of hydrogen-bond acceptors (Lipinski definition) is 5. The molecule has 7 heteroatoms. The first-order chi connectivity index (χ1) is 12.0. The predicted molar refractivity (Wildman–Crippen MR) is 89.9 cm³/mol. The molecule has 25 heavy (non-hydrogen) atoms. The molecule has 4 rings (SSSR count). The molecule has 1 aromatic rings. The number of carbonyl (C=O) groups excluding carboxylic acids is 3. The van der Waals surface area contributed by atoms with Gasteiger partial charge in [0.15, 0.2) is 0 Å². The molecule has 0 spiro atoms. The maximum Gasteiger partial charge on any atom is 0.308 e. The van der Waals surface area contributed by atoms with Gasteiger partial charge in [-0.2, -0.15) is 10.1 Å². The number of esters is 1. The van der Waals surface area contributed by atoms with Gasteiger partial charge in [-0.15, -0.1) is 0 Å². The van der Waals surface area contributed by atoms with Crippen LogP contribution in [-0.4, -0.2) is 29.0 Å². The first kappa shape index (κ1) is 16.0. The number of carbonyl (C=O) groups is 3. The van der Waals surface area contributed by atoms with Gasteiger partial charge < -0.3 is 4.74 Å². The number of ether oxygens (including phenoxy) is 1. The highest BCUT2D eigenvalue weighted by Crippen LogP contribution is 2.52. The second kappa shape index (κ2) is 5.81. The number of fused-ring (bicyclic) bond motifs is 5. The molecule has 1 heterocycles. The van der Waals surface area contributed by atoms with Gasteiger partial charge in [0, 0.05) is 17.5 Å². The van der Waals surface area contributed by atoms with Crippen molar-refractivity contribution < 1.29 is 19.1 Å². The molecule has 3 aliphatic rings. The van der Waals surface area contributed by atoms with E-state index in [9.17, 15) is 14.4 Å². The van der Waals surface area contributed by atoms with Crippen LogP contribution in [0.25, 0.3) is 0 Å². The average molecular weight is 359 g/mol. The monoisotopic (exact) mass is 358 g/mol. The Balaban J connectivity index is 1.61. The zero-order valence-corrected chi connectivity index (χ0v) is 14.1. The van der Waals surface area contributed by atoms with Crippen LogP contribution in [0.2, 0.25) is 5.02 Å². The molecule has 1 aromatic carbocycles. The molecule has 0 unspecified atom stereocenters. The standard InChI is InChI=1S/C18H15ClN2O4/c1-9(22)25-14-5-4-13(19)7-12(14)8-20-21-17(23)15-10-2-3-11(6-10)16(15)18(21)24/h2-5,7-8,10-11,15-16H,6H2,1H3/t10-,11-,15-,16+/m0/s1. The van der Waals surface area contributed by atoms with Crippen molar-refractivity contribution in [3.05, 3.63) is 40.9 Å². The van der Waals surface area contributed by atoms with E-state index in [0.717, 1.165) is 11.4 Å². The van der Waals surface area contributed by atoms with Crippen molar-refractivity contribution in [3.63, 3.8) is 0 Å². The normalized spacial score (nSPS) is 29.8. The van der Waals surface area contributed by atoms with Gasteiger partial charge in [0.1, 0.15) is 5.75 Å². The van der Waals surface area contributed by atoms with E-state index in [4.69, 9.17) is 16.3 Å². The number of hydrazone groups is 1. The highest BCUT2D eigenvalue weighted by atomic mass is 35.5. The van der Waals surface area contributed by atoms with Crippen LogP contribution in [-0.2, 0) is 14.4 Å². The molecule has 2 fully saturated rings. The molecule has 2 amide bonds. The van der Waals surface area contributed by atoms with E-state index >= 15 is 0 Å². The van der Waals surface area contributed by atoms with Crippen molar-refractivity contribution in [2.45, 2.75) is 13.3 Å². The number of benzene rings is 1. The number of hydrogen-bond donors (Lipinski definition) is 0. The average Bonchev–Trinajstić information content (AvgIpc) is 3.23. The van der Waals surface area contributed by atoms with Gasteiger partial charge in [-0.1, -0.05) is 23.8 Å². The summed E-state index contributed by atoms with van der Waals surface area (Å²) in [5, 5.41) is 5.45. The van der Waals surface area contributed by atoms with Crippen LogP contribution in [0, 0.1) is 23.7 Å². The van der Waals surface area contributed by atoms with E-state index in [1.165, 1.54) is 19.2 Å². The topological polar surface area (TPSA) is 76.0 Å². The maximum atomic E-state index is 12.6. The number of imide groups is 1. The Morgan fingerprint density at radius 2 is 1.88 bits per heavy atom. The molecule has 2 aliphatic carbocycles. The van der Waals surface area contributed by atoms with E-state index in [1.54, 1.807) is 12.1 Å². The first-order valence-corrected chi connectivity index (χ1v) is 8.41. The lowest BCUT2D eigenvalue weighted by atomic mass is 9.85. The van der Waals surface area contributed by atoms with Crippen LogP contribution in [0.5, 0.6) is 5.75 Å². The largest absolute Gasteiger partial charge is 0.426 e. The van der Waals surface area contributed by atoms with Crippen LogP contribution in [0.4, 0.5) is 0 Å². The number of amides is 2. The third kappa shape index (κ3) is 2.57. The smallest absolute Gasteiger partial charge is 0.308 e. The quantitative estimate of drug-likeness (QED) is 0.273. The number of rotatable bonds is 3. The molecule has 1 saturated carbocycles. The van der Waals surface area contributed by atoms with Gasteiger partial charge in [-0.25, -0.2) is 0 Å². The van der Waals surface area contributed by atoms with Gasteiger partial charge in [0.25, 0.3) is 11.8 Å². The number of halogens is 1. The highest BCUT2D eigenvalue weighted by molar-refractivity contribution is 6.31. The lowest BCUT2D eigenvalue weighted by molar-refractivity contribution is -0.140. The maximum absolute atomic E-state index is 12.6. The fourth-order valence-corrected chi connectivity index (χ4v) is 4.17. The van der Waals surface area contributed by atoms with Crippen LogP contribution < -0.4 is 4.74 Å². The fraction of sp³-hybridized carbons (Fsp3) is 0.333. The second-order valence-electron chi connectivity index (χ2n) is 6.51. The van der Waals surface area contributed by atoms with Crippen molar-refractivity contribution in [2.24, 2.45) is 28.8 Å². The summed E-state index contributed by atoms with van der Waals surface area (Å²) in [6.45, 7) is 1.28. The predicted octanol–water partition coefficient (Wildman–Crippen LogP) is 2.41. The third-order valence-electron chi connectivity index (χ3n) is 4.98. The van der Waals surface area contributed by atoms with Crippen molar-refractivity contribution in [2.75, 3.05) is 0 Å². The summed E-state index contributed by atoms with van der Waals surface area (Å²) < 4.78 is 5.10. The molecule has 1 aliphatic heterocycles. The Hall–Kier alpha value is -2.47. The number of nitrogens with zero attached hydrogens (tertiary/aromatic N) is 2. The summed E-state index contributed by atoms with van der Waals surface area (Å²) in [6.07, 6.45) is 6.26. The molecule has 0 N–H and O–H groups in total. The molecular weight excluding hydrogens is 344 g/mol. The van der Waals surface area contributed by atoms with Gasteiger partial charge in [0.05, 0.1) is 18.1 Å². The second-order valence-corrected chi connectivity index (χ2v) is 6.94. The van der Waals surface area contributed by atoms with Crippen molar-refractivity contribution in [3.8, 4) is 5.75 Å². The molecule has 2 bridgehead atoms. The van der Waals surface area contributed by atoms with E-state index in [0.29, 0.717) is 10.6 Å². The fourth-order valence-electron chi connectivity index (χ4n) is 3.99. The number of allylic oxidation sites excluding steroid dienone is 2. The first-order valence-electron chi connectivity index (χ1n) is 8.04. The minimum atomic E-state index is -0.484. The molecule has 6 nitrogen and oxygen atoms in total. The lowest BCUT2D eigenvalue weighted by Gasteiger charge is -2.13. The van der Waals surface area contributed by atoms with Gasteiger partial charge in [-0.05, 0) is 36.5 Å².